The molecule has 0 bridgehead atoms. The lowest BCUT2D eigenvalue weighted by Gasteiger charge is -2.02. The Morgan fingerprint density at radius 1 is 1.69 bits per heavy atom. The number of halogens is 1. The number of rotatable bonds is 4. The Bertz CT molecular complexity index is 290. The summed E-state index contributed by atoms with van der Waals surface area (Å²) < 4.78 is 9.82. The van der Waals surface area contributed by atoms with Crippen LogP contribution in [0.3, 0.4) is 0 Å². The van der Waals surface area contributed by atoms with E-state index in [9.17, 15) is 4.79 Å². The van der Waals surface area contributed by atoms with Crippen LogP contribution < -0.4 is 0 Å². The van der Waals surface area contributed by atoms with Crippen molar-refractivity contribution in [2.24, 2.45) is 0 Å². The second-order valence-corrected chi connectivity index (χ2v) is 3.07. The molecule has 0 radical (unpaired) electrons. The van der Waals surface area contributed by atoms with Crippen LogP contribution in [0.4, 0.5) is 0 Å². The first-order valence-corrected chi connectivity index (χ1v) is 4.83. The van der Waals surface area contributed by atoms with Gasteiger partial charge in [-0.25, -0.2) is 4.79 Å². The zero-order chi connectivity index (χ0) is 9.68. The SMILES string of the molecule is C=C(C(=O)OCCBr)c1ccco1. The smallest absolute Gasteiger partial charge is 0.341 e. The Hall–Kier alpha value is -1.03. The molecule has 0 atom stereocenters. The zero-order valence-corrected chi connectivity index (χ0v) is 8.54. The molecule has 0 amide bonds. The van der Waals surface area contributed by atoms with Gasteiger partial charge in [0.2, 0.25) is 0 Å². The molecule has 4 heteroatoms. The maximum absolute atomic E-state index is 11.2. The number of alkyl halides is 1. The van der Waals surface area contributed by atoms with E-state index in [1.54, 1.807) is 12.1 Å². The van der Waals surface area contributed by atoms with E-state index in [0.717, 1.165) is 0 Å². The van der Waals surface area contributed by atoms with Crippen LogP contribution in [0.5, 0.6) is 0 Å². The molecule has 3 nitrogen and oxygen atoms in total. The molecule has 13 heavy (non-hydrogen) atoms. The fourth-order valence-corrected chi connectivity index (χ4v) is 0.931. The largest absolute Gasteiger partial charge is 0.464 e. The highest BCUT2D eigenvalue weighted by molar-refractivity contribution is 9.09. The Morgan fingerprint density at radius 2 is 2.46 bits per heavy atom. The third kappa shape index (κ3) is 2.73. The van der Waals surface area contributed by atoms with E-state index in [4.69, 9.17) is 9.15 Å². The van der Waals surface area contributed by atoms with Crippen molar-refractivity contribution < 1.29 is 13.9 Å². The fraction of sp³-hybridized carbons (Fsp3) is 0.222. The van der Waals surface area contributed by atoms with Gasteiger partial charge in [0.15, 0.2) is 0 Å². The lowest BCUT2D eigenvalue weighted by molar-refractivity contribution is -0.136. The van der Waals surface area contributed by atoms with Crippen molar-refractivity contribution in [2.75, 3.05) is 11.9 Å². The Balaban J connectivity index is 2.53. The first-order valence-electron chi connectivity index (χ1n) is 3.71. The molecule has 0 aliphatic rings. The summed E-state index contributed by atoms with van der Waals surface area (Å²) in [6, 6.07) is 3.36. The van der Waals surface area contributed by atoms with E-state index >= 15 is 0 Å². The van der Waals surface area contributed by atoms with Crippen molar-refractivity contribution in [3.8, 4) is 0 Å². The van der Waals surface area contributed by atoms with Crippen LogP contribution in [0.15, 0.2) is 29.4 Å². The van der Waals surface area contributed by atoms with Gasteiger partial charge in [-0.1, -0.05) is 22.5 Å². The molecule has 0 saturated carbocycles. The summed E-state index contributed by atoms with van der Waals surface area (Å²) in [5.74, 6) is -0.00558. The number of carbonyl (C=O) groups is 1. The monoisotopic (exact) mass is 244 g/mol. The lowest BCUT2D eigenvalue weighted by atomic mass is 10.2. The number of carbonyl (C=O) groups excluding carboxylic acids is 1. The predicted molar refractivity (Wildman–Crippen MR) is 52.5 cm³/mol. The predicted octanol–water partition coefficient (Wildman–Crippen LogP) is 2.23. The lowest BCUT2D eigenvalue weighted by Crippen LogP contribution is -2.07. The van der Waals surface area contributed by atoms with Crippen molar-refractivity contribution in [1.82, 2.24) is 0 Å². The van der Waals surface area contributed by atoms with Gasteiger partial charge in [-0.05, 0) is 12.1 Å². The first kappa shape index (κ1) is 10.1. The number of esters is 1. The zero-order valence-electron chi connectivity index (χ0n) is 6.96. The molecule has 0 aromatic carbocycles. The summed E-state index contributed by atoms with van der Waals surface area (Å²) in [6.07, 6.45) is 1.48. The summed E-state index contributed by atoms with van der Waals surface area (Å²) in [4.78, 5) is 11.2. The Morgan fingerprint density at radius 3 is 3.00 bits per heavy atom. The molecule has 1 aromatic heterocycles. The number of ether oxygens (including phenoxy) is 1. The van der Waals surface area contributed by atoms with Crippen LogP contribution in [-0.2, 0) is 9.53 Å². The van der Waals surface area contributed by atoms with Crippen molar-refractivity contribution in [2.45, 2.75) is 0 Å². The van der Waals surface area contributed by atoms with Gasteiger partial charge >= 0.3 is 5.97 Å². The number of hydrogen-bond donors (Lipinski definition) is 0. The molecule has 0 saturated heterocycles. The highest BCUT2D eigenvalue weighted by Crippen LogP contribution is 2.13. The summed E-state index contributed by atoms with van der Waals surface area (Å²) in [5, 5.41) is 0.615. The molecule has 0 aliphatic carbocycles. The van der Waals surface area contributed by atoms with Gasteiger partial charge in [-0.2, -0.15) is 0 Å². The maximum Gasteiger partial charge on any atom is 0.341 e. The second-order valence-electron chi connectivity index (χ2n) is 2.28. The Kier molecular flexibility index (Phi) is 3.76. The third-order valence-corrected chi connectivity index (χ3v) is 1.70. The van der Waals surface area contributed by atoms with Crippen LogP contribution in [0.1, 0.15) is 5.76 Å². The van der Waals surface area contributed by atoms with E-state index in [1.807, 2.05) is 0 Å². The van der Waals surface area contributed by atoms with Crippen molar-refractivity contribution in [3.63, 3.8) is 0 Å². The van der Waals surface area contributed by atoms with E-state index in [1.165, 1.54) is 6.26 Å². The quantitative estimate of drug-likeness (QED) is 0.464. The maximum atomic E-state index is 11.2. The van der Waals surface area contributed by atoms with Gasteiger partial charge in [0.05, 0.1) is 11.8 Å². The average Bonchev–Trinajstić information content (AvgIpc) is 2.65. The van der Waals surface area contributed by atoms with Crippen molar-refractivity contribution >= 4 is 27.5 Å². The van der Waals surface area contributed by atoms with Gasteiger partial charge in [0, 0.05) is 5.33 Å². The van der Waals surface area contributed by atoms with Gasteiger partial charge in [-0.3, -0.25) is 0 Å². The first-order chi connectivity index (χ1) is 6.25. The molecular weight excluding hydrogens is 236 g/mol. The highest BCUT2D eigenvalue weighted by atomic mass is 79.9. The van der Waals surface area contributed by atoms with Gasteiger partial charge in [-0.15, -0.1) is 0 Å². The fourth-order valence-electron chi connectivity index (χ4n) is 0.769. The van der Waals surface area contributed by atoms with Crippen LogP contribution in [0, 0.1) is 0 Å². The molecule has 70 valence electrons. The Labute approximate surface area is 84.5 Å². The molecule has 0 fully saturated rings. The molecule has 0 unspecified atom stereocenters. The van der Waals surface area contributed by atoms with Gasteiger partial charge in [0.1, 0.15) is 12.4 Å². The van der Waals surface area contributed by atoms with Crippen molar-refractivity contribution in [1.29, 1.82) is 0 Å². The molecule has 1 aromatic rings. The molecule has 0 N–H and O–H groups in total. The van der Waals surface area contributed by atoms with Gasteiger partial charge < -0.3 is 9.15 Å². The van der Waals surface area contributed by atoms with Crippen LogP contribution in [0.25, 0.3) is 5.57 Å². The summed E-state index contributed by atoms with van der Waals surface area (Å²) in [6.45, 7) is 3.90. The molecule has 0 spiro atoms. The minimum absolute atomic E-state index is 0.242. The normalized spacial score (nSPS) is 9.62. The van der Waals surface area contributed by atoms with Crippen molar-refractivity contribution in [3.05, 3.63) is 30.7 Å². The summed E-state index contributed by atoms with van der Waals surface area (Å²) in [7, 11) is 0. The summed E-state index contributed by atoms with van der Waals surface area (Å²) >= 11 is 3.15. The molecule has 0 aliphatic heterocycles. The minimum atomic E-state index is -0.450. The standard InChI is InChI=1S/C9H9BrO3/c1-7(8-3-2-5-12-8)9(11)13-6-4-10/h2-3,5H,1,4,6H2. The second kappa shape index (κ2) is 4.87. The minimum Gasteiger partial charge on any atom is -0.464 e. The summed E-state index contributed by atoms with van der Waals surface area (Å²) in [5.41, 5.74) is 0.242. The topological polar surface area (TPSA) is 39.4 Å². The van der Waals surface area contributed by atoms with E-state index in [0.29, 0.717) is 17.7 Å². The molecule has 1 rings (SSSR count). The average molecular weight is 245 g/mol. The highest BCUT2D eigenvalue weighted by Gasteiger charge is 2.12. The molecular formula is C9H9BrO3. The van der Waals surface area contributed by atoms with E-state index in [-0.39, 0.29) is 5.57 Å². The van der Waals surface area contributed by atoms with Crippen LogP contribution >= 0.6 is 15.9 Å². The van der Waals surface area contributed by atoms with E-state index < -0.39 is 5.97 Å². The van der Waals surface area contributed by atoms with Crippen LogP contribution in [0.2, 0.25) is 0 Å². The van der Waals surface area contributed by atoms with Crippen LogP contribution in [-0.4, -0.2) is 17.9 Å². The number of furan rings is 1. The van der Waals surface area contributed by atoms with E-state index in [2.05, 4.69) is 22.5 Å². The van der Waals surface area contributed by atoms with Gasteiger partial charge in [0.25, 0.3) is 0 Å². The molecule has 1 heterocycles. The number of hydrogen-bond acceptors (Lipinski definition) is 3. The third-order valence-electron chi connectivity index (χ3n) is 1.38.